The highest BCUT2D eigenvalue weighted by Crippen LogP contribution is 2.30. The van der Waals surface area contributed by atoms with E-state index in [9.17, 15) is 9.59 Å². The molecule has 2 N–H and O–H groups in total. The van der Waals surface area contributed by atoms with Crippen LogP contribution < -0.4 is 15.5 Å². The van der Waals surface area contributed by atoms with Gasteiger partial charge in [0.1, 0.15) is 0 Å². The van der Waals surface area contributed by atoms with Crippen LogP contribution in [0, 0.1) is 0 Å². The molecule has 0 saturated carbocycles. The van der Waals surface area contributed by atoms with Crippen molar-refractivity contribution in [2.75, 3.05) is 36.4 Å². The van der Waals surface area contributed by atoms with E-state index in [0.29, 0.717) is 43.2 Å². The number of thiocarbonyl (C=S) groups is 1. The number of benzene rings is 2. The average molecular weight is 473 g/mol. The molecule has 2 aromatic carbocycles. The molecule has 0 unspecified atom stereocenters. The van der Waals surface area contributed by atoms with Gasteiger partial charge in [-0.25, -0.2) is 0 Å². The molecule has 1 saturated heterocycles. The Morgan fingerprint density at radius 3 is 2.41 bits per heavy atom. The lowest BCUT2D eigenvalue weighted by molar-refractivity contribution is -0.119. The average Bonchev–Trinajstić information content (AvgIpc) is 2.79. The molecule has 1 heterocycles. The van der Waals surface area contributed by atoms with Crippen molar-refractivity contribution in [3.8, 4) is 0 Å². The number of hydrogen-bond donors (Lipinski definition) is 2. The molecule has 1 fully saturated rings. The summed E-state index contributed by atoms with van der Waals surface area (Å²) in [4.78, 5) is 28.6. The lowest BCUT2D eigenvalue weighted by atomic mass is 10.1. The van der Waals surface area contributed by atoms with Crippen molar-refractivity contribution in [3.05, 3.63) is 59.1 Å². The third kappa shape index (κ3) is 6.68. The number of amides is 2. The summed E-state index contributed by atoms with van der Waals surface area (Å²) in [5.41, 5.74) is 2.34. The number of piperazine rings is 1. The van der Waals surface area contributed by atoms with Crippen LogP contribution in [0.5, 0.6) is 0 Å². The quantitative estimate of drug-likeness (QED) is 0.452. The zero-order chi connectivity index (χ0) is 22.9. The first-order chi connectivity index (χ1) is 15.5. The molecule has 0 spiro atoms. The van der Waals surface area contributed by atoms with Crippen molar-refractivity contribution >= 4 is 52.1 Å². The number of nitrogens with zero attached hydrogens (tertiary/aromatic N) is 2. The van der Waals surface area contributed by atoms with Crippen LogP contribution >= 0.6 is 23.8 Å². The molecule has 8 heteroatoms. The fourth-order valence-corrected chi connectivity index (χ4v) is 4.17. The van der Waals surface area contributed by atoms with Gasteiger partial charge in [-0.1, -0.05) is 49.6 Å². The Labute approximate surface area is 199 Å². The first-order valence-electron chi connectivity index (χ1n) is 11.0. The molecule has 0 atom stereocenters. The molecule has 0 aromatic heterocycles. The van der Waals surface area contributed by atoms with Gasteiger partial charge in [-0.2, -0.15) is 0 Å². The Morgan fingerprint density at radius 1 is 1.03 bits per heavy atom. The fourth-order valence-electron chi connectivity index (χ4n) is 3.64. The fraction of sp³-hybridized carbons (Fsp3) is 0.375. The van der Waals surface area contributed by atoms with Gasteiger partial charge in [-0.3, -0.25) is 9.59 Å². The van der Waals surface area contributed by atoms with E-state index in [1.807, 2.05) is 47.4 Å². The van der Waals surface area contributed by atoms with Crippen LogP contribution in [0.3, 0.4) is 0 Å². The van der Waals surface area contributed by atoms with Crippen LogP contribution in [-0.4, -0.2) is 48.0 Å². The highest BCUT2D eigenvalue weighted by molar-refractivity contribution is 7.80. The van der Waals surface area contributed by atoms with E-state index in [1.165, 1.54) is 0 Å². The van der Waals surface area contributed by atoms with Gasteiger partial charge in [0.15, 0.2) is 5.11 Å². The standard InChI is InChI=1S/C24H29ClN4O2S/c1-2-3-5-10-22(30)27-24(32)26-19-11-12-21(20(25)17-19)28-13-15-29(16-14-28)23(31)18-8-6-4-7-9-18/h4,6-9,11-12,17H,2-3,5,10,13-16H2,1H3,(H2,26,27,30,32). The van der Waals surface area contributed by atoms with Crippen LogP contribution in [0.15, 0.2) is 48.5 Å². The minimum absolute atomic E-state index is 0.0566. The highest BCUT2D eigenvalue weighted by Gasteiger charge is 2.23. The van der Waals surface area contributed by atoms with Gasteiger partial charge in [0.2, 0.25) is 5.91 Å². The minimum atomic E-state index is -0.0819. The van der Waals surface area contributed by atoms with Gasteiger partial charge in [0, 0.05) is 43.9 Å². The molecule has 32 heavy (non-hydrogen) atoms. The summed E-state index contributed by atoms with van der Waals surface area (Å²) in [7, 11) is 0. The van der Waals surface area contributed by atoms with Crippen LogP contribution in [0.25, 0.3) is 0 Å². The Kier molecular flexibility index (Phi) is 8.88. The molecular weight excluding hydrogens is 444 g/mol. The highest BCUT2D eigenvalue weighted by atomic mass is 35.5. The summed E-state index contributed by atoms with van der Waals surface area (Å²) in [6.45, 7) is 4.78. The topological polar surface area (TPSA) is 64.7 Å². The van der Waals surface area contributed by atoms with E-state index in [-0.39, 0.29) is 16.9 Å². The maximum Gasteiger partial charge on any atom is 0.253 e. The van der Waals surface area contributed by atoms with Gasteiger partial charge in [0.25, 0.3) is 5.91 Å². The second kappa shape index (κ2) is 11.8. The molecule has 0 bridgehead atoms. The molecule has 2 aromatic rings. The number of nitrogens with one attached hydrogen (secondary N) is 2. The number of carbonyl (C=O) groups excluding carboxylic acids is 2. The lowest BCUT2D eigenvalue weighted by Crippen LogP contribution is -2.48. The first-order valence-corrected chi connectivity index (χ1v) is 11.8. The largest absolute Gasteiger partial charge is 0.367 e. The van der Waals surface area contributed by atoms with E-state index in [0.717, 1.165) is 30.6 Å². The Balaban J connectivity index is 1.52. The normalized spacial score (nSPS) is 13.6. The number of anilines is 2. The van der Waals surface area contributed by atoms with Crippen molar-refractivity contribution in [2.24, 2.45) is 0 Å². The predicted molar refractivity (Wildman–Crippen MR) is 135 cm³/mol. The minimum Gasteiger partial charge on any atom is -0.367 e. The number of hydrogen-bond acceptors (Lipinski definition) is 4. The maximum absolute atomic E-state index is 12.6. The molecule has 6 nitrogen and oxygen atoms in total. The smallest absolute Gasteiger partial charge is 0.253 e. The van der Waals surface area contributed by atoms with Gasteiger partial charge >= 0.3 is 0 Å². The monoisotopic (exact) mass is 472 g/mol. The van der Waals surface area contributed by atoms with Crippen molar-refractivity contribution in [1.29, 1.82) is 0 Å². The summed E-state index contributed by atoms with van der Waals surface area (Å²) < 4.78 is 0. The van der Waals surface area contributed by atoms with Crippen molar-refractivity contribution < 1.29 is 9.59 Å². The van der Waals surface area contributed by atoms with Gasteiger partial charge in [-0.15, -0.1) is 0 Å². The Morgan fingerprint density at radius 2 is 1.75 bits per heavy atom. The molecule has 0 aliphatic carbocycles. The van der Waals surface area contributed by atoms with E-state index < -0.39 is 0 Å². The number of rotatable bonds is 7. The van der Waals surface area contributed by atoms with Gasteiger partial charge in [0.05, 0.1) is 10.7 Å². The molecular formula is C24H29ClN4O2S. The van der Waals surface area contributed by atoms with Crippen LogP contribution in [0.2, 0.25) is 5.02 Å². The third-order valence-electron chi connectivity index (χ3n) is 5.39. The third-order valence-corrected chi connectivity index (χ3v) is 5.90. The second-order valence-electron chi connectivity index (χ2n) is 7.77. The summed E-state index contributed by atoms with van der Waals surface area (Å²) in [5, 5.41) is 6.58. The molecule has 1 aliphatic heterocycles. The van der Waals surface area contributed by atoms with Crippen LogP contribution in [0.1, 0.15) is 43.0 Å². The number of carbonyl (C=O) groups is 2. The zero-order valence-electron chi connectivity index (χ0n) is 18.3. The first kappa shape index (κ1) is 24.0. The summed E-state index contributed by atoms with van der Waals surface area (Å²) in [6, 6.07) is 15.0. The van der Waals surface area contributed by atoms with Crippen molar-refractivity contribution in [3.63, 3.8) is 0 Å². The zero-order valence-corrected chi connectivity index (χ0v) is 19.8. The van der Waals surface area contributed by atoms with E-state index in [4.69, 9.17) is 23.8 Å². The van der Waals surface area contributed by atoms with Gasteiger partial charge in [-0.05, 0) is 49.0 Å². The van der Waals surface area contributed by atoms with Crippen molar-refractivity contribution in [2.45, 2.75) is 32.6 Å². The molecule has 3 rings (SSSR count). The second-order valence-corrected chi connectivity index (χ2v) is 8.59. The van der Waals surface area contributed by atoms with Crippen LogP contribution in [0.4, 0.5) is 11.4 Å². The van der Waals surface area contributed by atoms with Gasteiger partial charge < -0.3 is 20.4 Å². The van der Waals surface area contributed by atoms with E-state index >= 15 is 0 Å². The Hall–Kier alpha value is -2.64. The number of halogens is 1. The Bertz CT molecular complexity index is 946. The molecule has 170 valence electrons. The summed E-state index contributed by atoms with van der Waals surface area (Å²) in [6.07, 6.45) is 3.42. The number of unbranched alkanes of at least 4 members (excludes halogenated alkanes) is 2. The van der Waals surface area contributed by atoms with Crippen molar-refractivity contribution in [1.82, 2.24) is 10.2 Å². The lowest BCUT2D eigenvalue weighted by Gasteiger charge is -2.36. The predicted octanol–water partition coefficient (Wildman–Crippen LogP) is 4.70. The molecule has 2 amide bonds. The maximum atomic E-state index is 12.6. The van der Waals surface area contributed by atoms with Crippen LogP contribution in [-0.2, 0) is 4.79 Å². The summed E-state index contributed by atoms with van der Waals surface area (Å²) in [5.74, 6) is -0.0252. The summed E-state index contributed by atoms with van der Waals surface area (Å²) >= 11 is 11.8. The van der Waals surface area contributed by atoms with E-state index in [2.05, 4.69) is 22.5 Å². The molecule has 0 radical (unpaired) electrons. The SMILES string of the molecule is CCCCCC(=O)NC(=S)Nc1ccc(N2CCN(C(=O)c3ccccc3)CC2)c(Cl)c1. The van der Waals surface area contributed by atoms with E-state index in [1.54, 1.807) is 6.07 Å². The molecule has 1 aliphatic rings.